The van der Waals surface area contributed by atoms with Crippen molar-refractivity contribution in [3.63, 3.8) is 0 Å². The Kier molecular flexibility index (Phi) is 5.41. The van der Waals surface area contributed by atoms with Crippen LogP contribution in [-0.2, 0) is 9.53 Å². The number of anilines is 3. The molecule has 1 fully saturated rings. The van der Waals surface area contributed by atoms with Crippen LogP contribution in [0, 0.1) is 12.8 Å². The van der Waals surface area contributed by atoms with Crippen molar-refractivity contribution in [3.8, 4) is 0 Å². The fraction of sp³-hybridized carbons (Fsp3) is 0.500. The average molecular weight is 396 g/mol. The number of amides is 1. The van der Waals surface area contributed by atoms with Crippen molar-refractivity contribution in [1.82, 2.24) is 9.97 Å². The predicted molar refractivity (Wildman–Crippen MR) is 114 cm³/mol. The molecule has 2 aromatic rings. The van der Waals surface area contributed by atoms with Crippen molar-refractivity contribution in [2.75, 3.05) is 41.4 Å². The minimum Gasteiger partial charge on any atom is -0.378 e. The Labute approximate surface area is 172 Å². The van der Waals surface area contributed by atoms with Crippen molar-refractivity contribution in [1.29, 1.82) is 0 Å². The summed E-state index contributed by atoms with van der Waals surface area (Å²) < 4.78 is 5.50. The zero-order valence-electron chi connectivity index (χ0n) is 17.6. The fourth-order valence-electron chi connectivity index (χ4n) is 4.37. The molecule has 7 heteroatoms. The largest absolute Gasteiger partial charge is 0.378 e. The third-order valence-electron chi connectivity index (χ3n) is 6.09. The van der Waals surface area contributed by atoms with Crippen LogP contribution in [-0.4, -0.2) is 48.2 Å². The van der Waals surface area contributed by atoms with Gasteiger partial charge in [-0.05, 0) is 38.1 Å². The first-order valence-corrected chi connectivity index (χ1v) is 10.3. The van der Waals surface area contributed by atoms with E-state index in [0.29, 0.717) is 5.95 Å². The number of carbonyl (C=O) groups excluding carboxylic acids is 1. The van der Waals surface area contributed by atoms with Crippen LogP contribution in [0.25, 0.3) is 0 Å². The molecule has 0 aliphatic carbocycles. The number of hydrogen-bond donors (Lipinski definition) is 1. The summed E-state index contributed by atoms with van der Waals surface area (Å²) >= 11 is 0. The second-order valence-electron chi connectivity index (χ2n) is 7.97. The molecule has 1 saturated heterocycles. The zero-order chi connectivity index (χ0) is 20.5. The smallest absolute Gasteiger partial charge is 0.224 e. The number of aryl methyl sites for hydroxylation is 1. The van der Waals surface area contributed by atoms with Crippen LogP contribution in [0.15, 0.2) is 30.5 Å². The molecule has 154 valence electrons. The molecule has 0 radical (unpaired) electrons. The number of fused-ring (bicyclic) bond motifs is 1. The van der Waals surface area contributed by atoms with E-state index in [1.54, 1.807) is 13.1 Å². The van der Waals surface area contributed by atoms with Crippen LogP contribution in [0.4, 0.5) is 17.3 Å². The van der Waals surface area contributed by atoms with Gasteiger partial charge in [0, 0.05) is 60.8 Å². The summed E-state index contributed by atoms with van der Waals surface area (Å²) in [4.78, 5) is 25.7. The summed E-state index contributed by atoms with van der Waals surface area (Å²) in [6.07, 6.45) is 1.77. The summed E-state index contributed by atoms with van der Waals surface area (Å²) in [5, 5.41) is 3.54. The quantitative estimate of drug-likeness (QED) is 0.861. The number of benzene rings is 1. The summed E-state index contributed by atoms with van der Waals surface area (Å²) in [5.41, 5.74) is 4.16. The maximum absolute atomic E-state index is 12.5. The first kappa shape index (κ1) is 19.6. The van der Waals surface area contributed by atoms with Crippen molar-refractivity contribution in [2.45, 2.75) is 39.8 Å². The lowest BCUT2D eigenvalue weighted by atomic mass is 9.82. The van der Waals surface area contributed by atoms with E-state index in [1.807, 2.05) is 17.9 Å². The summed E-state index contributed by atoms with van der Waals surface area (Å²) in [7, 11) is 0. The normalized spacial score (nSPS) is 24.2. The molecule has 29 heavy (non-hydrogen) atoms. The molecule has 0 unspecified atom stereocenters. The van der Waals surface area contributed by atoms with Crippen molar-refractivity contribution in [3.05, 3.63) is 41.7 Å². The van der Waals surface area contributed by atoms with Gasteiger partial charge in [0.05, 0.1) is 19.3 Å². The molecule has 0 spiro atoms. The summed E-state index contributed by atoms with van der Waals surface area (Å²) in [6.45, 7) is 11.1. The van der Waals surface area contributed by atoms with Crippen LogP contribution in [0.1, 0.15) is 38.1 Å². The van der Waals surface area contributed by atoms with Gasteiger partial charge in [-0.15, -0.1) is 0 Å². The van der Waals surface area contributed by atoms with Crippen LogP contribution < -0.4 is 15.1 Å². The lowest BCUT2D eigenvalue weighted by Crippen LogP contribution is -2.48. The van der Waals surface area contributed by atoms with Gasteiger partial charge in [0.15, 0.2) is 0 Å². The lowest BCUT2D eigenvalue weighted by Gasteiger charge is -2.44. The molecule has 1 aromatic carbocycles. The Hall–Kier alpha value is -2.67. The summed E-state index contributed by atoms with van der Waals surface area (Å²) in [5.74, 6) is 0.874. The molecule has 3 heterocycles. The van der Waals surface area contributed by atoms with Crippen molar-refractivity contribution in [2.24, 2.45) is 5.92 Å². The predicted octanol–water partition coefficient (Wildman–Crippen LogP) is 3.17. The second-order valence-corrected chi connectivity index (χ2v) is 7.97. The summed E-state index contributed by atoms with van der Waals surface area (Å²) in [6, 6.07) is 8.38. The molecule has 7 nitrogen and oxygen atoms in total. The first-order valence-electron chi connectivity index (χ1n) is 10.3. The van der Waals surface area contributed by atoms with Crippen LogP contribution in [0.3, 0.4) is 0 Å². The van der Waals surface area contributed by atoms with E-state index in [2.05, 4.69) is 52.2 Å². The third kappa shape index (κ3) is 3.79. The Balaban J connectivity index is 1.76. The maximum atomic E-state index is 12.5. The van der Waals surface area contributed by atoms with Crippen LogP contribution in [0.5, 0.6) is 0 Å². The highest BCUT2D eigenvalue weighted by atomic mass is 16.5. The van der Waals surface area contributed by atoms with E-state index in [9.17, 15) is 4.79 Å². The van der Waals surface area contributed by atoms with Gasteiger partial charge in [-0.2, -0.15) is 0 Å². The molecule has 2 aliphatic heterocycles. The second kappa shape index (κ2) is 7.99. The minimum atomic E-state index is 0.0124. The molecular weight excluding hydrogens is 366 g/mol. The van der Waals surface area contributed by atoms with Crippen molar-refractivity contribution >= 4 is 23.2 Å². The molecule has 0 saturated carbocycles. The third-order valence-corrected chi connectivity index (χ3v) is 6.09. The number of hydrogen-bond acceptors (Lipinski definition) is 6. The van der Waals surface area contributed by atoms with Gasteiger partial charge in [-0.25, -0.2) is 9.97 Å². The number of carbonyl (C=O) groups is 1. The number of ether oxygens (including phenoxy) is 1. The highest BCUT2D eigenvalue weighted by Gasteiger charge is 2.38. The Morgan fingerprint density at radius 1 is 1.21 bits per heavy atom. The van der Waals surface area contributed by atoms with Crippen molar-refractivity contribution < 1.29 is 9.53 Å². The van der Waals surface area contributed by atoms with E-state index >= 15 is 0 Å². The first-order chi connectivity index (χ1) is 14.0. The monoisotopic (exact) mass is 395 g/mol. The highest BCUT2D eigenvalue weighted by Crippen LogP contribution is 2.43. The zero-order valence-corrected chi connectivity index (χ0v) is 17.6. The topological polar surface area (TPSA) is 70.6 Å². The molecule has 2 aliphatic rings. The van der Waals surface area contributed by atoms with Gasteiger partial charge < -0.3 is 19.9 Å². The van der Waals surface area contributed by atoms with E-state index < -0.39 is 0 Å². The molecule has 1 amide bonds. The van der Waals surface area contributed by atoms with Gasteiger partial charge in [0.1, 0.15) is 0 Å². The lowest BCUT2D eigenvalue weighted by molar-refractivity contribution is -0.117. The average Bonchev–Trinajstić information content (AvgIpc) is 2.72. The molecular formula is C22H29N5O2. The molecule has 0 bridgehead atoms. The molecule has 3 atom stereocenters. The Morgan fingerprint density at radius 2 is 1.97 bits per heavy atom. The minimum absolute atomic E-state index is 0.0124. The van der Waals surface area contributed by atoms with E-state index in [0.717, 1.165) is 48.9 Å². The standard InChI is InChI=1S/C22H29N5O2/c1-14-7-8-23-22(24-14)25-21-15(2)16(3)27(17(4)28)20-6-5-18(13-19(20)21)26-9-11-29-12-10-26/h5-8,13,15-16,21H,9-12H2,1-4H3,(H,23,24,25)/t15-,16-,21+/m0/s1. The number of aromatic nitrogens is 2. The van der Waals surface area contributed by atoms with Gasteiger partial charge in [0.25, 0.3) is 0 Å². The van der Waals surface area contributed by atoms with Crippen LogP contribution >= 0.6 is 0 Å². The van der Waals surface area contributed by atoms with E-state index in [1.165, 1.54) is 0 Å². The number of rotatable bonds is 3. The van der Waals surface area contributed by atoms with Gasteiger partial charge in [0.2, 0.25) is 11.9 Å². The molecule has 4 rings (SSSR count). The number of morpholine rings is 1. The maximum Gasteiger partial charge on any atom is 0.224 e. The van der Waals surface area contributed by atoms with E-state index in [4.69, 9.17) is 4.74 Å². The van der Waals surface area contributed by atoms with Gasteiger partial charge in [-0.3, -0.25) is 4.79 Å². The number of nitrogens with zero attached hydrogens (tertiary/aromatic N) is 4. The Morgan fingerprint density at radius 3 is 2.66 bits per heavy atom. The van der Waals surface area contributed by atoms with Crippen LogP contribution in [0.2, 0.25) is 0 Å². The highest BCUT2D eigenvalue weighted by molar-refractivity contribution is 5.94. The molecule has 1 aromatic heterocycles. The van der Waals surface area contributed by atoms with E-state index in [-0.39, 0.29) is 23.9 Å². The van der Waals surface area contributed by atoms with Gasteiger partial charge in [-0.1, -0.05) is 6.92 Å². The fourth-order valence-corrected chi connectivity index (χ4v) is 4.37. The molecule has 1 N–H and O–H groups in total. The van der Waals surface area contributed by atoms with Gasteiger partial charge >= 0.3 is 0 Å². The SMILES string of the molecule is CC(=O)N1c2ccc(N3CCOCC3)cc2[C@H](Nc2nccc(C)n2)[C@@H](C)[C@@H]1C. The Bertz CT molecular complexity index is 897. The number of nitrogens with one attached hydrogen (secondary N) is 1.